The lowest BCUT2D eigenvalue weighted by molar-refractivity contribution is -0.129. The Morgan fingerprint density at radius 2 is 1.74 bits per heavy atom. The van der Waals surface area contributed by atoms with Gasteiger partial charge < -0.3 is 14.4 Å². The Kier molecular flexibility index (Phi) is 4.56. The molecular formula is C21H21ClFN3O. The van der Waals surface area contributed by atoms with Crippen LogP contribution in [-0.4, -0.2) is 41.6 Å². The molecular weight excluding hydrogens is 365 g/mol. The van der Waals surface area contributed by atoms with E-state index in [9.17, 15) is 9.18 Å². The fraction of sp³-hybridized carbons (Fsp3) is 0.286. The molecule has 2 heterocycles. The van der Waals surface area contributed by atoms with E-state index in [4.69, 9.17) is 11.6 Å². The minimum Gasteiger partial charge on any atom is -0.368 e. The molecule has 0 aliphatic carbocycles. The summed E-state index contributed by atoms with van der Waals surface area (Å²) in [5.74, 6) is -0.116. The third kappa shape index (κ3) is 3.28. The number of hydrogen-bond donors (Lipinski definition) is 0. The van der Waals surface area contributed by atoms with Crippen molar-refractivity contribution in [1.82, 2.24) is 9.47 Å². The van der Waals surface area contributed by atoms with Crippen LogP contribution in [0.25, 0.3) is 16.6 Å². The van der Waals surface area contributed by atoms with Crippen molar-refractivity contribution >= 4 is 34.1 Å². The number of carbonyl (C=O) groups excluding carboxylic acids is 1. The number of fused-ring (bicyclic) bond motifs is 1. The van der Waals surface area contributed by atoms with Gasteiger partial charge in [0.05, 0.1) is 5.52 Å². The fourth-order valence-electron chi connectivity index (χ4n) is 3.77. The highest BCUT2D eigenvalue weighted by molar-refractivity contribution is 6.31. The molecule has 140 valence electrons. The lowest BCUT2D eigenvalue weighted by Gasteiger charge is -2.36. The summed E-state index contributed by atoms with van der Waals surface area (Å²) in [6, 6.07) is 11.0. The number of anilines is 1. The van der Waals surface area contributed by atoms with E-state index < -0.39 is 0 Å². The number of rotatable bonds is 2. The van der Waals surface area contributed by atoms with E-state index in [1.807, 2.05) is 34.7 Å². The second kappa shape index (κ2) is 6.89. The molecule has 0 bridgehead atoms. The van der Waals surface area contributed by atoms with Gasteiger partial charge in [0.25, 0.3) is 0 Å². The highest BCUT2D eigenvalue weighted by Gasteiger charge is 2.20. The highest BCUT2D eigenvalue weighted by Crippen LogP contribution is 2.30. The van der Waals surface area contributed by atoms with Gasteiger partial charge in [-0.15, -0.1) is 0 Å². The van der Waals surface area contributed by atoms with E-state index in [0.717, 1.165) is 35.5 Å². The summed E-state index contributed by atoms with van der Waals surface area (Å²) in [6.07, 6.45) is 1.88. The number of piperazine rings is 1. The zero-order valence-electron chi connectivity index (χ0n) is 15.4. The highest BCUT2D eigenvalue weighted by atomic mass is 35.5. The Morgan fingerprint density at radius 3 is 2.44 bits per heavy atom. The van der Waals surface area contributed by atoms with Crippen LogP contribution < -0.4 is 4.90 Å². The third-order valence-electron chi connectivity index (χ3n) is 5.23. The Bertz CT molecular complexity index is 1020. The number of benzene rings is 2. The first-order valence-corrected chi connectivity index (χ1v) is 9.39. The topological polar surface area (TPSA) is 28.5 Å². The van der Waals surface area contributed by atoms with Gasteiger partial charge in [-0.1, -0.05) is 17.7 Å². The molecule has 1 aliphatic heterocycles. The molecule has 0 unspecified atom stereocenters. The predicted molar refractivity (Wildman–Crippen MR) is 107 cm³/mol. The molecule has 1 aliphatic rings. The molecule has 3 aromatic rings. The Hall–Kier alpha value is -2.53. The molecule has 2 aromatic carbocycles. The van der Waals surface area contributed by atoms with Crippen molar-refractivity contribution in [2.45, 2.75) is 13.8 Å². The van der Waals surface area contributed by atoms with Crippen LogP contribution >= 0.6 is 11.6 Å². The molecule has 0 atom stereocenters. The van der Waals surface area contributed by atoms with E-state index in [1.54, 1.807) is 19.1 Å². The van der Waals surface area contributed by atoms with Crippen LogP contribution in [0.15, 0.2) is 42.6 Å². The van der Waals surface area contributed by atoms with E-state index in [0.29, 0.717) is 23.5 Å². The van der Waals surface area contributed by atoms with Crippen molar-refractivity contribution < 1.29 is 9.18 Å². The molecule has 0 saturated carbocycles. The molecule has 4 nitrogen and oxygen atoms in total. The van der Waals surface area contributed by atoms with Crippen LogP contribution in [0.5, 0.6) is 0 Å². The normalized spacial score (nSPS) is 14.8. The van der Waals surface area contributed by atoms with E-state index in [2.05, 4.69) is 11.0 Å². The summed E-state index contributed by atoms with van der Waals surface area (Å²) < 4.78 is 16.1. The van der Waals surface area contributed by atoms with Gasteiger partial charge in [0.2, 0.25) is 5.91 Å². The number of amides is 1. The molecule has 1 aromatic heterocycles. The van der Waals surface area contributed by atoms with Gasteiger partial charge in [-0.2, -0.15) is 0 Å². The van der Waals surface area contributed by atoms with Crippen molar-refractivity contribution in [3.63, 3.8) is 0 Å². The minimum absolute atomic E-state index is 0.109. The molecule has 4 rings (SSSR count). The van der Waals surface area contributed by atoms with E-state index in [-0.39, 0.29) is 11.7 Å². The van der Waals surface area contributed by atoms with Crippen molar-refractivity contribution in [3.8, 4) is 5.69 Å². The maximum Gasteiger partial charge on any atom is 0.219 e. The summed E-state index contributed by atoms with van der Waals surface area (Å²) in [5.41, 5.74) is 3.77. The number of aromatic nitrogens is 1. The number of carbonyl (C=O) groups is 1. The number of nitrogens with zero attached hydrogens (tertiary/aromatic N) is 3. The number of aryl methyl sites for hydroxylation is 1. The second-order valence-electron chi connectivity index (χ2n) is 6.97. The zero-order valence-corrected chi connectivity index (χ0v) is 16.1. The van der Waals surface area contributed by atoms with Gasteiger partial charge in [-0.3, -0.25) is 4.79 Å². The minimum atomic E-state index is -0.225. The molecule has 1 amide bonds. The summed E-state index contributed by atoms with van der Waals surface area (Å²) in [5, 5.41) is 1.24. The van der Waals surface area contributed by atoms with Crippen LogP contribution in [0.3, 0.4) is 0 Å². The zero-order chi connectivity index (χ0) is 19.1. The second-order valence-corrected chi connectivity index (χ2v) is 7.41. The summed E-state index contributed by atoms with van der Waals surface area (Å²) in [6.45, 7) is 6.51. The van der Waals surface area contributed by atoms with Crippen LogP contribution in [0.1, 0.15) is 12.5 Å². The lowest BCUT2D eigenvalue weighted by atomic mass is 10.1. The molecule has 27 heavy (non-hydrogen) atoms. The summed E-state index contributed by atoms with van der Waals surface area (Å²) >= 11 is 6.41. The Balaban J connectivity index is 1.72. The largest absolute Gasteiger partial charge is 0.368 e. The SMILES string of the molecule is CC(=O)N1CCN(c2cc(Cl)cc(-n3ccc4c(F)ccc(C)c43)c2)CC1. The molecule has 0 N–H and O–H groups in total. The van der Waals surface area contributed by atoms with Crippen LogP contribution in [0.4, 0.5) is 10.1 Å². The molecule has 0 spiro atoms. The number of halogens is 2. The van der Waals surface area contributed by atoms with E-state index in [1.165, 1.54) is 6.07 Å². The maximum atomic E-state index is 14.2. The molecule has 1 saturated heterocycles. The first-order valence-electron chi connectivity index (χ1n) is 9.01. The van der Waals surface area contributed by atoms with Crippen LogP contribution in [0.2, 0.25) is 5.02 Å². The van der Waals surface area contributed by atoms with Crippen molar-refractivity contribution in [2.75, 3.05) is 31.1 Å². The van der Waals surface area contributed by atoms with Crippen LogP contribution in [0, 0.1) is 12.7 Å². The average Bonchev–Trinajstić information content (AvgIpc) is 3.11. The number of hydrogen-bond acceptors (Lipinski definition) is 2. The first kappa shape index (κ1) is 17.9. The smallest absolute Gasteiger partial charge is 0.219 e. The summed E-state index contributed by atoms with van der Waals surface area (Å²) in [4.78, 5) is 15.6. The lowest BCUT2D eigenvalue weighted by Crippen LogP contribution is -2.48. The van der Waals surface area contributed by atoms with Gasteiger partial charge >= 0.3 is 0 Å². The van der Waals surface area contributed by atoms with Gasteiger partial charge in [-0.05, 0) is 42.8 Å². The first-order chi connectivity index (χ1) is 12.9. The quantitative estimate of drug-likeness (QED) is 0.654. The van der Waals surface area contributed by atoms with Gasteiger partial charge in [-0.25, -0.2) is 4.39 Å². The average molecular weight is 386 g/mol. The monoisotopic (exact) mass is 385 g/mol. The Labute approximate surface area is 162 Å². The fourth-order valence-corrected chi connectivity index (χ4v) is 3.99. The van der Waals surface area contributed by atoms with Crippen molar-refractivity contribution in [3.05, 3.63) is 59.0 Å². The van der Waals surface area contributed by atoms with Crippen LogP contribution in [-0.2, 0) is 4.79 Å². The van der Waals surface area contributed by atoms with Gasteiger partial charge in [0.1, 0.15) is 5.82 Å². The maximum absolute atomic E-state index is 14.2. The third-order valence-corrected chi connectivity index (χ3v) is 5.45. The summed E-state index contributed by atoms with van der Waals surface area (Å²) in [7, 11) is 0. The van der Waals surface area contributed by atoms with E-state index >= 15 is 0 Å². The Morgan fingerprint density at radius 1 is 1.04 bits per heavy atom. The standard InChI is InChI=1S/C21H21ClFN3O/c1-14-3-4-20(23)19-5-6-26(21(14)19)18-12-16(22)11-17(13-18)25-9-7-24(8-10-25)15(2)27/h3-6,11-13H,7-10H2,1-2H3. The molecule has 0 radical (unpaired) electrons. The predicted octanol–water partition coefficient (Wildman–Crippen LogP) is 4.40. The molecule has 6 heteroatoms. The van der Waals surface area contributed by atoms with Crippen molar-refractivity contribution in [1.29, 1.82) is 0 Å². The molecule has 1 fully saturated rings. The van der Waals surface area contributed by atoms with Gasteiger partial charge in [0, 0.05) is 61.1 Å². The van der Waals surface area contributed by atoms with Crippen molar-refractivity contribution in [2.24, 2.45) is 0 Å². The van der Waals surface area contributed by atoms with Gasteiger partial charge in [0.15, 0.2) is 0 Å².